The van der Waals surface area contributed by atoms with Crippen molar-refractivity contribution in [3.8, 4) is 5.75 Å². The van der Waals surface area contributed by atoms with Gasteiger partial charge in [0.05, 0.1) is 23.2 Å². The van der Waals surface area contributed by atoms with Gasteiger partial charge in [-0.25, -0.2) is 5.43 Å². The fourth-order valence-electron chi connectivity index (χ4n) is 1.96. The summed E-state index contributed by atoms with van der Waals surface area (Å²) in [6.45, 7) is 1.90. The number of para-hydroxylation sites is 1. The Morgan fingerprint density at radius 1 is 1.29 bits per heavy atom. The lowest BCUT2D eigenvalue weighted by Crippen LogP contribution is -2.26. The maximum absolute atomic E-state index is 11.7. The zero-order chi connectivity index (χ0) is 17.5. The molecule has 0 heterocycles. The molecule has 0 aliphatic carbocycles. The lowest BCUT2D eigenvalue weighted by Gasteiger charge is -2.08. The molecule has 1 amide bonds. The summed E-state index contributed by atoms with van der Waals surface area (Å²) >= 11 is 0. The molecule has 0 atom stereocenters. The minimum atomic E-state index is -0.623. The highest BCUT2D eigenvalue weighted by molar-refractivity contribution is 5.88. The molecule has 124 valence electrons. The van der Waals surface area contributed by atoms with Crippen LogP contribution in [0.3, 0.4) is 0 Å². The largest absolute Gasteiger partial charge is 0.872 e. The molecule has 2 rings (SSSR count). The van der Waals surface area contributed by atoms with Crippen LogP contribution < -0.4 is 15.8 Å². The number of nitrogens with one attached hydrogen (secondary N) is 2. The first kappa shape index (κ1) is 16.9. The van der Waals surface area contributed by atoms with Crippen LogP contribution in [0.4, 0.5) is 11.4 Å². The second kappa shape index (κ2) is 7.73. The van der Waals surface area contributed by atoms with Gasteiger partial charge >= 0.3 is 0 Å². The SMILES string of the molecule is Cc1ccccc1NCC(=O)N/N=C/c1cc([O-])ccc1[N+](=O)[O-]. The summed E-state index contributed by atoms with van der Waals surface area (Å²) in [5, 5.41) is 28.7. The molecule has 24 heavy (non-hydrogen) atoms. The molecule has 0 saturated heterocycles. The summed E-state index contributed by atoms with van der Waals surface area (Å²) < 4.78 is 0. The molecule has 0 bridgehead atoms. The van der Waals surface area contributed by atoms with E-state index in [0.29, 0.717) is 0 Å². The number of carbonyl (C=O) groups is 1. The summed E-state index contributed by atoms with van der Waals surface area (Å²) in [7, 11) is 0. The Morgan fingerprint density at radius 3 is 2.75 bits per heavy atom. The third-order valence-corrected chi connectivity index (χ3v) is 3.17. The number of hydrazone groups is 1. The van der Waals surface area contributed by atoms with Crippen molar-refractivity contribution in [1.82, 2.24) is 5.43 Å². The second-order valence-electron chi connectivity index (χ2n) is 4.94. The van der Waals surface area contributed by atoms with Gasteiger partial charge in [0.2, 0.25) is 0 Å². The first-order valence-electron chi connectivity index (χ1n) is 7.04. The molecule has 0 aliphatic rings. The van der Waals surface area contributed by atoms with Crippen LogP contribution in [0.25, 0.3) is 0 Å². The molecule has 8 heteroatoms. The summed E-state index contributed by atoms with van der Waals surface area (Å²) in [5.74, 6) is -0.801. The van der Waals surface area contributed by atoms with E-state index in [2.05, 4.69) is 15.8 Å². The van der Waals surface area contributed by atoms with Crippen LogP contribution in [0, 0.1) is 17.0 Å². The van der Waals surface area contributed by atoms with Crippen LogP contribution in [0.5, 0.6) is 5.75 Å². The van der Waals surface area contributed by atoms with Crippen LogP contribution in [0.2, 0.25) is 0 Å². The van der Waals surface area contributed by atoms with Crippen molar-refractivity contribution in [2.75, 3.05) is 11.9 Å². The molecule has 0 radical (unpaired) electrons. The van der Waals surface area contributed by atoms with E-state index < -0.39 is 10.8 Å². The summed E-state index contributed by atoms with van der Waals surface area (Å²) in [5.41, 5.74) is 3.84. The molecule has 0 fully saturated rings. The number of carbonyl (C=O) groups excluding carboxylic acids is 1. The number of anilines is 1. The van der Waals surface area contributed by atoms with Gasteiger partial charge in [-0.15, -0.1) is 5.75 Å². The molecular formula is C16H15N4O4-. The quantitative estimate of drug-likeness (QED) is 0.474. The molecule has 2 aromatic carbocycles. The minimum Gasteiger partial charge on any atom is -0.872 e. The first-order chi connectivity index (χ1) is 11.5. The van der Waals surface area contributed by atoms with Crippen molar-refractivity contribution in [3.05, 3.63) is 63.7 Å². The monoisotopic (exact) mass is 327 g/mol. The number of rotatable bonds is 6. The highest BCUT2D eigenvalue weighted by Gasteiger charge is 2.10. The average Bonchev–Trinajstić information content (AvgIpc) is 2.54. The molecule has 0 saturated carbocycles. The van der Waals surface area contributed by atoms with Crippen LogP contribution in [0.15, 0.2) is 47.6 Å². The number of nitro groups is 1. The van der Waals surface area contributed by atoms with Gasteiger partial charge in [0.15, 0.2) is 0 Å². The maximum atomic E-state index is 11.7. The van der Waals surface area contributed by atoms with Gasteiger partial charge in [-0.05, 0) is 18.6 Å². The number of nitro benzene ring substituents is 1. The molecular weight excluding hydrogens is 312 g/mol. The highest BCUT2D eigenvalue weighted by Crippen LogP contribution is 2.20. The molecule has 0 unspecified atom stereocenters. The van der Waals surface area contributed by atoms with Gasteiger partial charge < -0.3 is 10.4 Å². The third-order valence-electron chi connectivity index (χ3n) is 3.17. The maximum Gasteiger partial charge on any atom is 0.278 e. The Kier molecular flexibility index (Phi) is 5.45. The van der Waals surface area contributed by atoms with Crippen LogP contribution in [0.1, 0.15) is 11.1 Å². The van der Waals surface area contributed by atoms with E-state index in [4.69, 9.17) is 0 Å². The minimum absolute atomic E-state index is 0.00805. The van der Waals surface area contributed by atoms with Crippen LogP contribution in [-0.4, -0.2) is 23.6 Å². The first-order valence-corrected chi connectivity index (χ1v) is 7.04. The average molecular weight is 327 g/mol. The molecule has 8 nitrogen and oxygen atoms in total. The molecule has 2 N–H and O–H groups in total. The predicted molar refractivity (Wildman–Crippen MR) is 87.9 cm³/mol. The molecule has 0 aliphatic heterocycles. The zero-order valence-electron chi connectivity index (χ0n) is 12.9. The topological polar surface area (TPSA) is 120 Å². The zero-order valence-corrected chi connectivity index (χ0v) is 12.9. The van der Waals surface area contributed by atoms with Crippen molar-refractivity contribution in [3.63, 3.8) is 0 Å². The molecule has 0 aromatic heterocycles. The Hall–Kier alpha value is -3.42. The Balaban J connectivity index is 1.94. The predicted octanol–water partition coefficient (Wildman–Crippen LogP) is 1.54. The van der Waals surface area contributed by atoms with E-state index in [1.165, 1.54) is 0 Å². The number of nitrogens with zero attached hydrogens (tertiary/aromatic N) is 2. The number of hydrogen-bond donors (Lipinski definition) is 2. The van der Waals surface area contributed by atoms with Gasteiger partial charge in [-0.3, -0.25) is 14.9 Å². The second-order valence-corrected chi connectivity index (χ2v) is 4.94. The van der Waals surface area contributed by atoms with Gasteiger partial charge in [0.1, 0.15) is 0 Å². The van der Waals surface area contributed by atoms with Crippen molar-refractivity contribution in [2.45, 2.75) is 6.92 Å². The van der Waals surface area contributed by atoms with Gasteiger partial charge in [0.25, 0.3) is 11.6 Å². The number of hydrogen-bond acceptors (Lipinski definition) is 6. The fourth-order valence-corrected chi connectivity index (χ4v) is 1.96. The van der Waals surface area contributed by atoms with Gasteiger partial charge in [-0.1, -0.05) is 30.3 Å². The van der Waals surface area contributed by atoms with E-state index in [1.807, 2.05) is 31.2 Å². The smallest absolute Gasteiger partial charge is 0.278 e. The summed E-state index contributed by atoms with van der Waals surface area (Å²) in [6, 6.07) is 10.8. The van der Waals surface area contributed by atoms with Crippen molar-refractivity contribution >= 4 is 23.5 Å². The molecule has 2 aromatic rings. The number of amides is 1. The van der Waals surface area contributed by atoms with E-state index >= 15 is 0 Å². The number of benzene rings is 2. The standard InChI is InChI=1S/C16H16N4O4/c1-11-4-2-3-5-14(11)17-10-16(22)19-18-9-12-8-13(21)6-7-15(12)20(23)24/h2-9,17,21H,10H2,1H3,(H,19,22)/p-1/b18-9+. The highest BCUT2D eigenvalue weighted by atomic mass is 16.6. The van der Waals surface area contributed by atoms with E-state index in [0.717, 1.165) is 35.7 Å². The van der Waals surface area contributed by atoms with E-state index in [-0.39, 0.29) is 23.5 Å². The van der Waals surface area contributed by atoms with Crippen LogP contribution >= 0.6 is 0 Å². The van der Waals surface area contributed by atoms with E-state index in [1.54, 1.807) is 0 Å². The summed E-state index contributed by atoms with van der Waals surface area (Å²) in [4.78, 5) is 22.0. The van der Waals surface area contributed by atoms with Gasteiger partial charge in [-0.2, -0.15) is 5.10 Å². The third kappa shape index (κ3) is 4.54. The lowest BCUT2D eigenvalue weighted by molar-refractivity contribution is -0.385. The Labute approximate surface area is 138 Å². The fraction of sp³-hybridized carbons (Fsp3) is 0.125. The van der Waals surface area contributed by atoms with Crippen molar-refractivity contribution < 1.29 is 14.8 Å². The lowest BCUT2D eigenvalue weighted by atomic mass is 10.2. The Morgan fingerprint density at radius 2 is 2.04 bits per heavy atom. The van der Waals surface area contributed by atoms with Crippen LogP contribution in [-0.2, 0) is 4.79 Å². The normalized spacial score (nSPS) is 10.5. The van der Waals surface area contributed by atoms with Gasteiger partial charge in [0, 0.05) is 11.8 Å². The summed E-state index contributed by atoms with van der Waals surface area (Å²) in [6.07, 6.45) is 1.07. The molecule has 0 spiro atoms. The number of aryl methyl sites for hydroxylation is 1. The van der Waals surface area contributed by atoms with Crippen molar-refractivity contribution in [2.24, 2.45) is 5.10 Å². The van der Waals surface area contributed by atoms with E-state index in [9.17, 15) is 20.0 Å². The Bertz CT molecular complexity index is 789. The van der Waals surface area contributed by atoms with Crippen molar-refractivity contribution in [1.29, 1.82) is 0 Å².